The second kappa shape index (κ2) is 7.08. The van der Waals surface area contributed by atoms with Gasteiger partial charge in [0, 0.05) is 17.5 Å². The Labute approximate surface area is 142 Å². The third-order valence-corrected chi connectivity index (χ3v) is 3.93. The molecule has 122 valence electrons. The topological polar surface area (TPSA) is 55.1 Å². The molecule has 0 aliphatic carbocycles. The van der Waals surface area contributed by atoms with E-state index in [-0.39, 0.29) is 0 Å². The van der Waals surface area contributed by atoms with Crippen LogP contribution in [0.2, 0.25) is 0 Å². The molecule has 0 saturated heterocycles. The summed E-state index contributed by atoms with van der Waals surface area (Å²) >= 11 is 0. The molecule has 5 nitrogen and oxygen atoms in total. The first-order chi connectivity index (χ1) is 11.6. The van der Waals surface area contributed by atoms with Crippen LogP contribution in [-0.4, -0.2) is 21.0 Å². The number of hydrogen-bond donors (Lipinski definition) is 1. The lowest BCUT2D eigenvalue weighted by molar-refractivity contribution is 0.659. The van der Waals surface area contributed by atoms with Gasteiger partial charge in [-0.1, -0.05) is 35.9 Å². The maximum atomic E-state index is 4.64. The molecule has 0 spiro atoms. The molecule has 0 bridgehead atoms. The minimum Gasteiger partial charge on any atom is -0.265 e. The predicted molar refractivity (Wildman–Crippen MR) is 97.4 cm³/mol. The second-order valence-corrected chi connectivity index (χ2v) is 5.81. The van der Waals surface area contributed by atoms with Crippen molar-refractivity contribution in [3.05, 3.63) is 76.7 Å². The quantitative estimate of drug-likeness (QED) is 0.576. The lowest BCUT2D eigenvalue weighted by Gasteiger charge is -2.05. The molecule has 1 aromatic carbocycles. The molecule has 2 aromatic heterocycles. The zero-order chi connectivity index (χ0) is 16.9. The molecular weight excluding hydrogens is 298 g/mol. The Bertz CT molecular complexity index is 832. The van der Waals surface area contributed by atoms with Gasteiger partial charge in [0.15, 0.2) is 0 Å². The van der Waals surface area contributed by atoms with E-state index in [1.165, 1.54) is 11.1 Å². The van der Waals surface area contributed by atoms with Crippen molar-refractivity contribution in [3.8, 4) is 0 Å². The summed E-state index contributed by atoms with van der Waals surface area (Å²) in [5.41, 5.74) is 8.53. The number of aryl methyl sites for hydroxylation is 2. The van der Waals surface area contributed by atoms with Crippen LogP contribution < -0.4 is 5.43 Å². The van der Waals surface area contributed by atoms with Crippen LogP contribution in [0, 0.1) is 20.8 Å². The van der Waals surface area contributed by atoms with Gasteiger partial charge in [-0.3, -0.25) is 10.1 Å². The number of pyridine rings is 1. The molecule has 24 heavy (non-hydrogen) atoms. The van der Waals surface area contributed by atoms with Crippen LogP contribution in [-0.2, 0) is 6.54 Å². The van der Waals surface area contributed by atoms with E-state index in [1.807, 2.05) is 29.8 Å². The Morgan fingerprint density at radius 3 is 2.58 bits per heavy atom. The zero-order valence-electron chi connectivity index (χ0n) is 14.2. The van der Waals surface area contributed by atoms with Crippen molar-refractivity contribution in [2.45, 2.75) is 27.3 Å². The molecular formula is C19H21N5. The summed E-state index contributed by atoms with van der Waals surface area (Å²) in [5.74, 6) is 0.719. The number of hydrazone groups is 1. The van der Waals surface area contributed by atoms with E-state index in [9.17, 15) is 0 Å². The lowest BCUT2D eigenvalue weighted by atomic mass is 10.1. The van der Waals surface area contributed by atoms with E-state index < -0.39 is 0 Å². The number of hydrogen-bond acceptors (Lipinski definition) is 4. The van der Waals surface area contributed by atoms with Crippen molar-refractivity contribution >= 4 is 12.0 Å². The van der Waals surface area contributed by atoms with E-state index in [2.05, 4.69) is 58.7 Å². The van der Waals surface area contributed by atoms with Gasteiger partial charge in [0.1, 0.15) is 5.82 Å². The molecule has 0 amide bonds. The number of nitrogens with one attached hydrogen (secondary N) is 1. The van der Waals surface area contributed by atoms with E-state index in [0.717, 1.165) is 29.3 Å². The van der Waals surface area contributed by atoms with E-state index >= 15 is 0 Å². The van der Waals surface area contributed by atoms with Crippen molar-refractivity contribution in [1.29, 1.82) is 0 Å². The average Bonchev–Trinajstić information content (AvgIpc) is 2.85. The van der Waals surface area contributed by atoms with Gasteiger partial charge in [0.05, 0.1) is 18.5 Å². The van der Waals surface area contributed by atoms with Crippen LogP contribution in [0.15, 0.2) is 53.8 Å². The number of benzene rings is 1. The van der Waals surface area contributed by atoms with Crippen molar-refractivity contribution < 1.29 is 0 Å². The van der Waals surface area contributed by atoms with Gasteiger partial charge in [-0.25, -0.2) is 4.98 Å². The normalized spacial score (nSPS) is 11.1. The second-order valence-electron chi connectivity index (χ2n) is 5.81. The molecule has 0 aliphatic heterocycles. The number of rotatable bonds is 5. The highest BCUT2D eigenvalue weighted by atomic mass is 15.3. The summed E-state index contributed by atoms with van der Waals surface area (Å²) in [7, 11) is 0. The van der Waals surface area contributed by atoms with Gasteiger partial charge in [0.2, 0.25) is 0 Å². The maximum Gasteiger partial charge on any atom is 0.146 e. The monoisotopic (exact) mass is 319 g/mol. The molecule has 1 N–H and O–H groups in total. The molecule has 0 radical (unpaired) electrons. The Balaban J connectivity index is 1.75. The van der Waals surface area contributed by atoms with Crippen molar-refractivity contribution in [2.75, 3.05) is 5.43 Å². The molecule has 0 atom stereocenters. The minimum atomic E-state index is 0.719. The van der Waals surface area contributed by atoms with Crippen LogP contribution in [0.1, 0.15) is 28.1 Å². The largest absolute Gasteiger partial charge is 0.265 e. The van der Waals surface area contributed by atoms with Gasteiger partial charge in [-0.05, 0) is 38.5 Å². The molecule has 3 aromatic rings. The molecule has 3 rings (SSSR count). The summed E-state index contributed by atoms with van der Waals surface area (Å²) in [4.78, 5) is 4.18. The summed E-state index contributed by atoms with van der Waals surface area (Å²) in [6.07, 6.45) is 3.53. The first-order valence-electron chi connectivity index (χ1n) is 7.93. The maximum absolute atomic E-state index is 4.64. The first kappa shape index (κ1) is 15.9. The molecule has 0 fully saturated rings. The Hall–Kier alpha value is -2.95. The molecule has 0 unspecified atom stereocenters. The van der Waals surface area contributed by atoms with Crippen LogP contribution in [0.4, 0.5) is 5.82 Å². The van der Waals surface area contributed by atoms with Gasteiger partial charge in [-0.15, -0.1) is 0 Å². The smallest absolute Gasteiger partial charge is 0.146 e. The average molecular weight is 319 g/mol. The summed E-state index contributed by atoms with van der Waals surface area (Å²) in [6.45, 7) is 6.92. The Morgan fingerprint density at radius 2 is 1.88 bits per heavy atom. The summed E-state index contributed by atoms with van der Waals surface area (Å²) < 4.78 is 2.02. The van der Waals surface area contributed by atoms with Crippen molar-refractivity contribution in [2.24, 2.45) is 5.10 Å². The molecule has 0 aliphatic rings. The number of aromatic nitrogens is 3. The molecule has 2 heterocycles. The number of anilines is 1. The van der Waals surface area contributed by atoms with Crippen molar-refractivity contribution in [3.63, 3.8) is 0 Å². The van der Waals surface area contributed by atoms with Crippen LogP contribution in [0.25, 0.3) is 0 Å². The SMILES string of the molecule is Cc1ccc(Cn2nc(C)c(/C=N\Nc3ccccn3)c2C)cc1. The third-order valence-electron chi connectivity index (χ3n) is 3.93. The fourth-order valence-corrected chi connectivity index (χ4v) is 2.51. The zero-order valence-corrected chi connectivity index (χ0v) is 14.2. The molecule has 0 saturated carbocycles. The fourth-order valence-electron chi connectivity index (χ4n) is 2.51. The van der Waals surface area contributed by atoms with Gasteiger partial charge >= 0.3 is 0 Å². The minimum absolute atomic E-state index is 0.719. The van der Waals surface area contributed by atoms with Crippen LogP contribution in [0.5, 0.6) is 0 Å². The van der Waals surface area contributed by atoms with Crippen molar-refractivity contribution in [1.82, 2.24) is 14.8 Å². The first-order valence-corrected chi connectivity index (χ1v) is 7.93. The van der Waals surface area contributed by atoms with Crippen LogP contribution >= 0.6 is 0 Å². The fraction of sp³-hybridized carbons (Fsp3) is 0.211. The standard InChI is InChI=1S/C19H21N5/c1-14-7-9-17(10-8-14)13-24-16(3)18(15(2)23-24)12-21-22-19-6-4-5-11-20-19/h4-12H,13H2,1-3H3,(H,20,22)/b21-12-. The van der Waals surface area contributed by atoms with E-state index in [1.54, 1.807) is 12.4 Å². The predicted octanol–water partition coefficient (Wildman–Crippen LogP) is 3.70. The van der Waals surface area contributed by atoms with Gasteiger partial charge < -0.3 is 0 Å². The van der Waals surface area contributed by atoms with Gasteiger partial charge in [-0.2, -0.15) is 10.2 Å². The highest BCUT2D eigenvalue weighted by molar-refractivity contribution is 5.83. The van der Waals surface area contributed by atoms with Crippen LogP contribution in [0.3, 0.4) is 0 Å². The van der Waals surface area contributed by atoms with E-state index in [4.69, 9.17) is 0 Å². The highest BCUT2D eigenvalue weighted by Crippen LogP contribution is 2.13. The van der Waals surface area contributed by atoms with E-state index in [0.29, 0.717) is 0 Å². The third kappa shape index (κ3) is 3.68. The van der Waals surface area contributed by atoms with Gasteiger partial charge in [0.25, 0.3) is 0 Å². The highest BCUT2D eigenvalue weighted by Gasteiger charge is 2.10. The Morgan fingerprint density at radius 1 is 1.08 bits per heavy atom. The number of nitrogens with zero attached hydrogens (tertiary/aromatic N) is 4. The lowest BCUT2D eigenvalue weighted by Crippen LogP contribution is -2.04. The summed E-state index contributed by atoms with van der Waals surface area (Å²) in [6, 6.07) is 14.2. The summed E-state index contributed by atoms with van der Waals surface area (Å²) in [5, 5.41) is 8.91. The Kier molecular flexibility index (Phi) is 4.70. The molecule has 5 heteroatoms.